The van der Waals surface area contributed by atoms with Crippen molar-refractivity contribution < 1.29 is 9.47 Å². The number of imidazole rings is 1. The van der Waals surface area contributed by atoms with E-state index in [2.05, 4.69) is 4.98 Å². The van der Waals surface area contributed by atoms with Crippen molar-refractivity contribution >= 4 is 5.82 Å². The van der Waals surface area contributed by atoms with Crippen LogP contribution >= 0.6 is 0 Å². The maximum atomic E-state index is 5.56. The molecule has 0 atom stereocenters. The van der Waals surface area contributed by atoms with E-state index >= 15 is 0 Å². The smallest absolute Gasteiger partial charge is 0.141 e. The first-order valence-electron chi connectivity index (χ1n) is 5.76. The molecule has 2 aromatic rings. The fourth-order valence-corrected chi connectivity index (χ4v) is 1.42. The first-order chi connectivity index (χ1) is 8.72. The van der Waals surface area contributed by atoms with Crippen LogP contribution in [0.5, 0.6) is 11.5 Å². The molecule has 5 nitrogen and oxygen atoms in total. The molecule has 0 fully saturated rings. The lowest BCUT2D eigenvalue weighted by atomic mass is 10.2. The lowest BCUT2D eigenvalue weighted by Crippen LogP contribution is -1.94. The third-order valence-electron chi connectivity index (χ3n) is 2.24. The lowest BCUT2D eigenvalue weighted by molar-refractivity contribution is 0.394. The van der Waals surface area contributed by atoms with Crippen molar-refractivity contribution in [2.24, 2.45) is 0 Å². The third-order valence-corrected chi connectivity index (χ3v) is 2.24. The van der Waals surface area contributed by atoms with Crippen molar-refractivity contribution in [1.29, 1.82) is 0 Å². The highest BCUT2D eigenvalue weighted by Gasteiger charge is 2.04. The number of anilines is 1. The molecule has 1 heterocycles. The van der Waals surface area contributed by atoms with Gasteiger partial charge in [0.15, 0.2) is 0 Å². The SMILES string of the molecule is CC.COc1cc(OC)cc(-n2cnc(N)c2)c1. The number of aromatic nitrogens is 2. The Kier molecular flexibility index (Phi) is 5.05. The summed E-state index contributed by atoms with van der Waals surface area (Å²) in [6.07, 6.45) is 3.37. The van der Waals surface area contributed by atoms with E-state index in [0.29, 0.717) is 5.82 Å². The van der Waals surface area contributed by atoms with Crippen LogP contribution in [0.4, 0.5) is 5.82 Å². The van der Waals surface area contributed by atoms with Gasteiger partial charge in [-0.05, 0) is 0 Å². The summed E-state index contributed by atoms with van der Waals surface area (Å²) in [5.74, 6) is 1.92. The van der Waals surface area contributed by atoms with Crippen LogP contribution in [-0.4, -0.2) is 23.8 Å². The summed E-state index contributed by atoms with van der Waals surface area (Å²) < 4.78 is 12.2. The quantitative estimate of drug-likeness (QED) is 0.907. The molecule has 0 saturated carbocycles. The van der Waals surface area contributed by atoms with Crippen LogP contribution in [0, 0.1) is 0 Å². The largest absolute Gasteiger partial charge is 0.497 e. The van der Waals surface area contributed by atoms with Crippen molar-refractivity contribution in [3.8, 4) is 17.2 Å². The molecule has 0 aliphatic heterocycles. The zero-order valence-corrected chi connectivity index (χ0v) is 11.2. The van der Waals surface area contributed by atoms with Gasteiger partial charge < -0.3 is 19.8 Å². The van der Waals surface area contributed by atoms with Gasteiger partial charge in [-0.3, -0.25) is 0 Å². The molecular weight excluding hydrogens is 230 g/mol. The average Bonchev–Trinajstić information content (AvgIpc) is 2.87. The van der Waals surface area contributed by atoms with E-state index in [1.807, 2.05) is 32.0 Å². The number of methoxy groups -OCH3 is 2. The van der Waals surface area contributed by atoms with Gasteiger partial charge in [0.05, 0.1) is 26.1 Å². The fraction of sp³-hybridized carbons (Fsp3) is 0.308. The molecule has 1 aromatic heterocycles. The number of rotatable bonds is 3. The number of hydrogen-bond donors (Lipinski definition) is 1. The molecule has 18 heavy (non-hydrogen) atoms. The van der Waals surface area contributed by atoms with Gasteiger partial charge in [0.1, 0.15) is 23.6 Å². The summed E-state index contributed by atoms with van der Waals surface area (Å²) in [6, 6.07) is 5.57. The fourth-order valence-electron chi connectivity index (χ4n) is 1.42. The number of nitrogens with two attached hydrogens (primary N) is 1. The Bertz CT molecular complexity index is 472. The van der Waals surface area contributed by atoms with Gasteiger partial charge in [0.25, 0.3) is 0 Å². The van der Waals surface area contributed by atoms with E-state index in [-0.39, 0.29) is 0 Å². The molecule has 2 rings (SSSR count). The number of benzene rings is 1. The molecule has 0 spiro atoms. The van der Waals surface area contributed by atoms with E-state index < -0.39 is 0 Å². The summed E-state index contributed by atoms with van der Waals surface area (Å²) in [5, 5.41) is 0. The molecule has 0 radical (unpaired) electrons. The van der Waals surface area contributed by atoms with Crippen molar-refractivity contribution in [2.75, 3.05) is 20.0 Å². The molecule has 0 bridgehead atoms. The predicted molar refractivity (Wildman–Crippen MR) is 72.4 cm³/mol. The molecule has 0 amide bonds. The average molecular weight is 249 g/mol. The molecule has 0 saturated heterocycles. The standard InChI is InChI=1S/C11H13N3O2.C2H6/c1-15-9-3-8(4-10(5-9)16-2)14-6-11(12)13-7-14;1-2/h3-7H,12H2,1-2H3;1-2H3. The Balaban J connectivity index is 0.000000771. The monoisotopic (exact) mass is 249 g/mol. The second-order valence-electron chi connectivity index (χ2n) is 3.28. The summed E-state index contributed by atoms with van der Waals surface area (Å²) in [6.45, 7) is 4.00. The van der Waals surface area contributed by atoms with Gasteiger partial charge >= 0.3 is 0 Å². The van der Waals surface area contributed by atoms with Crippen molar-refractivity contribution in [2.45, 2.75) is 13.8 Å². The highest BCUT2D eigenvalue weighted by Crippen LogP contribution is 2.25. The Labute approximate surface area is 107 Å². The summed E-state index contributed by atoms with van der Waals surface area (Å²) >= 11 is 0. The third kappa shape index (κ3) is 3.16. The molecule has 0 aliphatic carbocycles. The van der Waals surface area contributed by atoms with Crippen LogP contribution in [0.25, 0.3) is 5.69 Å². The van der Waals surface area contributed by atoms with Crippen LogP contribution < -0.4 is 15.2 Å². The Morgan fingerprint density at radius 1 is 1.06 bits per heavy atom. The lowest BCUT2D eigenvalue weighted by Gasteiger charge is -2.08. The van der Waals surface area contributed by atoms with Gasteiger partial charge in [-0.15, -0.1) is 0 Å². The topological polar surface area (TPSA) is 62.3 Å². The number of ether oxygens (including phenoxy) is 2. The van der Waals surface area contributed by atoms with Crippen LogP contribution in [0.3, 0.4) is 0 Å². The van der Waals surface area contributed by atoms with Crippen LogP contribution in [-0.2, 0) is 0 Å². The number of hydrogen-bond acceptors (Lipinski definition) is 4. The zero-order valence-electron chi connectivity index (χ0n) is 11.2. The van der Waals surface area contributed by atoms with Gasteiger partial charge in [0.2, 0.25) is 0 Å². The molecule has 0 aliphatic rings. The minimum Gasteiger partial charge on any atom is -0.497 e. The molecule has 98 valence electrons. The van der Waals surface area contributed by atoms with Gasteiger partial charge in [-0.1, -0.05) is 13.8 Å². The van der Waals surface area contributed by atoms with Crippen LogP contribution in [0.15, 0.2) is 30.7 Å². The first-order valence-corrected chi connectivity index (χ1v) is 5.76. The van der Waals surface area contributed by atoms with Gasteiger partial charge in [0, 0.05) is 18.2 Å². The van der Waals surface area contributed by atoms with Gasteiger partial charge in [-0.25, -0.2) is 4.98 Å². The summed E-state index contributed by atoms with van der Waals surface area (Å²) in [7, 11) is 3.22. The molecule has 1 aromatic carbocycles. The van der Waals surface area contributed by atoms with Crippen molar-refractivity contribution in [1.82, 2.24) is 9.55 Å². The molecule has 5 heteroatoms. The maximum Gasteiger partial charge on any atom is 0.141 e. The second-order valence-corrected chi connectivity index (χ2v) is 3.28. The van der Waals surface area contributed by atoms with E-state index in [1.165, 1.54) is 0 Å². The first kappa shape index (κ1) is 13.9. The second kappa shape index (κ2) is 6.54. The molecule has 2 N–H and O–H groups in total. The van der Waals surface area contributed by atoms with Gasteiger partial charge in [-0.2, -0.15) is 0 Å². The van der Waals surface area contributed by atoms with Crippen molar-refractivity contribution in [3.63, 3.8) is 0 Å². The van der Waals surface area contributed by atoms with E-state index in [1.54, 1.807) is 31.3 Å². The minimum absolute atomic E-state index is 0.474. The van der Waals surface area contributed by atoms with E-state index in [4.69, 9.17) is 15.2 Å². The summed E-state index contributed by atoms with van der Waals surface area (Å²) in [4.78, 5) is 3.96. The van der Waals surface area contributed by atoms with Crippen LogP contribution in [0.1, 0.15) is 13.8 Å². The molecular formula is C13H19N3O2. The Hall–Kier alpha value is -2.17. The maximum absolute atomic E-state index is 5.56. The number of nitrogen functional groups attached to an aromatic ring is 1. The normalized spacial score (nSPS) is 9.33. The summed E-state index contributed by atoms with van der Waals surface area (Å²) in [5.41, 5.74) is 6.45. The van der Waals surface area contributed by atoms with Crippen LogP contribution in [0.2, 0.25) is 0 Å². The predicted octanol–water partition coefficient (Wildman–Crippen LogP) is 2.50. The molecule has 0 unspecified atom stereocenters. The minimum atomic E-state index is 0.474. The Morgan fingerprint density at radius 3 is 2.00 bits per heavy atom. The highest BCUT2D eigenvalue weighted by molar-refractivity contribution is 5.47. The zero-order chi connectivity index (χ0) is 13.5. The van der Waals surface area contributed by atoms with E-state index in [9.17, 15) is 0 Å². The number of nitrogens with zero attached hydrogens (tertiary/aromatic N) is 2. The highest BCUT2D eigenvalue weighted by atomic mass is 16.5. The van der Waals surface area contributed by atoms with E-state index in [0.717, 1.165) is 17.2 Å². The Morgan fingerprint density at radius 2 is 1.61 bits per heavy atom. The van der Waals surface area contributed by atoms with Crippen molar-refractivity contribution in [3.05, 3.63) is 30.7 Å².